The van der Waals surface area contributed by atoms with E-state index in [9.17, 15) is 4.79 Å². The van der Waals surface area contributed by atoms with Crippen molar-refractivity contribution in [2.24, 2.45) is 0 Å². The lowest BCUT2D eigenvalue weighted by Gasteiger charge is -2.25. The average Bonchev–Trinajstić information content (AvgIpc) is 2.90. The first-order valence-electron chi connectivity index (χ1n) is 6.47. The first-order chi connectivity index (χ1) is 10.2. The number of hydrogen-bond donors (Lipinski definition) is 1. The van der Waals surface area contributed by atoms with Crippen LogP contribution in [-0.2, 0) is 9.53 Å². The number of esters is 1. The maximum Gasteiger partial charge on any atom is 0.332 e. The molecule has 0 unspecified atom stereocenters. The zero-order chi connectivity index (χ0) is 14.7. The molecule has 0 aliphatic carbocycles. The van der Waals surface area contributed by atoms with E-state index in [1.165, 1.54) is 23.3 Å². The van der Waals surface area contributed by atoms with Crippen LogP contribution in [-0.4, -0.2) is 39.9 Å². The van der Waals surface area contributed by atoms with Gasteiger partial charge >= 0.3 is 5.97 Å². The highest BCUT2D eigenvalue weighted by Crippen LogP contribution is 2.18. The van der Waals surface area contributed by atoms with Crippen molar-refractivity contribution in [3.05, 3.63) is 41.7 Å². The Labute approximate surface area is 126 Å². The monoisotopic (exact) mass is 304 g/mol. The minimum absolute atomic E-state index is 0.0279. The molecule has 1 aromatic carbocycles. The number of nitrogens with one attached hydrogen (secondary N) is 1. The van der Waals surface area contributed by atoms with E-state index in [1.54, 1.807) is 12.1 Å². The van der Waals surface area contributed by atoms with E-state index in [0.717, 1.165) is 5.56 Å². The van der Waals surface area contributed by atoms with Gasteiger partial charge in [-0.25, -0.2) is 14.5 Å². The minimum atomic E-state index is -0.388. The number of carbonyl (C=O) groups excluding carboxylic acids is 1. The molecule has 0 amide bonds. The van der Waals surface area contributed by atoms with Crippen LogP contribution in [0.5, 0.6) is 0 Å². The van der Waals surface area contributed by atoms with E-state index in [-0.39, 0.29) is 12.1 Å². The normalized spacial score (nSPS) is 15.1. The molecular weight excluding hydrogens is 292 g/mol. The van der Waals surface area contributed by atoms with Crippen LogP contribution in [0.3, 0.4) is 0 Å². The maximum absolute atomic E-state index is 11.5. The van der Waals surface area contributed by atoms with E-state index < -0.39 is 0 Å². The van der Waals surface area contributed by atoms with Crippen LogP contribution in [0.15, 0.2) is 36.7 Å². The van der Waals surface area contributed by atoms with Crippen LogP contribution < -0.4 is 5.32 Å². The molecule has 0 atom stereocenters. The lowest BCUT2D eigenvalue weighted by atomic mass is 10.2. The van der Waals surface area contributed by atoms with E-state index in [0.29, 0.717) is 23.9 Å². The third-order valence-corrected chi connectivity index (χ3v) is 3.22. The minimum Gasteiger partial charge on any atom is -0.456 e. The van der Waals surface area contributed by atoms with Gasteiger partial charge < -0.3 is 10.1 Å². The van der Waals surface area contributed by atoms with Gasteiger partial charge in [-0.1, -0.05) is 23.7 Å². The second-order valence-corrected chi connectivity index (χ2v) is 5.03. The van der Waals surface area contributed by atoms with Crippen LogP contribution in [0.4, 0.5) is 0 Å². The van der Waals surface area contributed by atoms with Crippen LogP contribution >= 0.6 is 11.6 Å². The lowest BCUT2D eigenvalue weighted by Crippen LogP contribution is -2.49. The molecule has 0 spiro atoms. The first-order valence-corrected chi connectivity index (χ1v) is 6.85. The molecule has 2 aromatic rings. The van der Waals surface area contributed by atoms with Crippen LogP contribution in [0.1, 0.15) is 0 Å². The third kappa shape index (κ3) is 3.48. The Morgan fingerprint density at radius 2 is 2.33 bits per heavy atom. The SMILES string of the molecule is O=C(C=Cn1cnc(-c2cccc(Cl)c2)n1)OC1CNC1. The fraction of sp³-hybridized carbons (Fsp3) is 0.214. The fourth-order valence-corrected chi connectivity index (χ4v) is 1.98. The molecule has 6 nitrogen and oxygen atoms in total. The summed E-state index contributed by atoms with van der Waals surface area (Å²) >= 11 is 5.93. The highest BCUT2D eigenvalue weighted by Gasteiger charge is 2.19. The van der Waals surface area contributed by atoms with Crippen molar-refractivity contribution in [1.29, 1.82) is 0 Å². The topological polar surface area (TPSA) is 69.0 Å². The van der Waals surface area contributed by atoms with Crippen molar-refractivity contribution >= 4 is 23.8 Å². The predicted molar refractivity (Wildman–Crippen MR) is 78.5 cm³/mol. The smallest absolute Gasteiger partial charge is 0.332 e. The summed E-state index contributed by atoms with van der Waals surface area (Å²) in [7, 11) is 0. The number of benzene rings is 1. The van der Waals surface area contributed by atoms with E-state index in [2.05, 4.69) is 15.4 Å². The van der Waals surface area contributed by atoms with Gasteiger partial charge in [-0.3, -0.25) is 0 Å². The summed E-state index contributed by atoms with van der Waals surface area (Å²) < 4.78 is 6.60. The molecule has 1 aliphatic rings. The second kappa shape index (κ2) is 6.07. The molecule has 0 radical (unpaired) electrons. The van der Waals surface area contributed by atoms with Gasteiger partial charge in [-0.15, -0.1) is 5.10 Å². The van der Waals surface area contributed by atoms with Crippen molar-refractivity contribution in [2.45, 2.75) is 6.10 Å². The Morgan fingerprint density at radius 1 is 1.48 bits per heavy atom. The lowest BCUT2D eigenvalue weighted by molar-refractivity contribution is -0.145. The maximum atomic E-state index is 11.5. The summed E-state index contributed by atoms with van der Waals surface area (Å²) in [5.41, 5.74) is 0.817. The Bertz CT molecular complexity index is 679. The largest absolute Gasteiger partial charge is 0.456 e. The van der Waals surface area contributed by atoms with Gasteiger partial charge in [0.2, 0.25) is 0 Å². The molecule has 1 aromatic heterocycles. The zero-order valence-electron chi connectivity index (χ0n) is 11.1. The average molecular weight is 305 g/mol. The Kier molecular flexibility index (Phi) is 3.98. The van der Waals surface area contributed by atoms with Crippen molar-refractivity contribution in [3.8, 4) is 11.4 Å². The molecule has 1 fully saturated rings. The van der Waals surface area contributed by atoms with Crippen LogP contribution in [0, 0.1) is 0 Å². The third-order valence-electron chi connectivity index (χ3n) is 2.98. The van der Waals surface area contributed by atoms with Gasteiger partial charge in [0.05, 0.1) is 0 Å². The molecule has 21 heavy (non-hydrogen) atoms. The van der Waals surface area contributed by atoms with Crippen molar-refractivity contribution < 1.29 is 9.53 Å². The predicted octanol–water partition coefficient (Wildman–Crippen LogP) is 1.58. The van der Waals surface area contributed by atoms with Gasteiger partial charge in [0.15, 0.2) is 5.82 Å². The number of aromatic nitrogens is 3. The molecule has 2 heterocycles. The molecular formula is C14H13ClN4O2. The van der Waals surface area contributed by atoms with Crippen molar-refractivity contribution in [1.82, 2.24) is 20.1 Å². The van der Waals surface area contributed by atoms with Gasteiger partial charge in [0, 0.05) is 36.0 Å². The Balaban J connectivity index is 1.65. The molecule has 1 aliphatic heterocycles. The molecule has 1 N–H and O–H groups in total. The summed E-state index contributed by atoms with van der Waals surface area (Å²) in [6.45, 7) is 1.42. The highest BCUT2D eigenvalue weighted by molar-refractivity contribution is 6.30. The number of rotatable bonds is 4. The summed E-state index contributed by atoms with van der Waals surface area (Å²) in [5.74, 6) is 0.153. The number of nitrogens with zero attached hydrogens (tertiary/aromatic N) is 3. The summed E-state index contributed by atoms with van der Waals surface area (Å²) in [4.78, 5) is 15.7. The molecule has 0 saturated carbocycles. The summed E-state index contributed by atoms with van der Waals surface area (Å²) in [5, 5.41) is 7.90. The standard InChI is InChI=1S/C14H13ClN4O2/c15-11-3-1-2-10(6-11)14-17-9-19(18-14)5-4-13(20)21-12-7-16-8-12/h1-6,9,12,16H,7-8H2. The van der Waals surface area contributed by atoms with Crippen molar-refractivity contribution in [3.63, 3.8) is 0 Å². The van der Waals surface area contributed by atoms with E-state index in [1.807, 2.05) is 12.1 Å². The van der Waals surface area contributed by atoms with Gasteiger partial charge in [0.25, 0.3) is 0 Å². The Hall–Kier alpha value is -2.18. The van der Waals surface area contributed by atoms with Crippen molar-refractivity contribution in [2.75, 3.05) is 13.1 Å². The van der Waals surface area contributed by atoms with E-state index >= 15 is 0 Å². The quantitative estimate of drug-likeness (QED) is 0.686. The van der Waals surface area contributed by atoms with Crippen LogP contribution in [0.25, 0.3) is 17.6 Å². The molecule has 1 saturated heterocycles. The second-order valence-electron chi connectivity index (χ2n) is 4.59. The Morgan fingerprint density at radius 3 is 3.05 bits per heavy atom. The number of ether oxygens (including phenoxy) is 1. The number of carbonyl (C=O) groups is 1. The number of hydrogen-bond acceptors (Lipinski definition) is 5. The van der Waals surface area contributed by atoms with Gasteiger partial charge in [-0.05, 0) is 12.1 Å². The van der Waals surface area contributed by atoms with E-state index in [4.69, 9.17) is 16.3 Å². The summed E-state index contributed by atoms with van der Waals surface area (Å²) in [6, 6.07) is 7.27. The highest BCUT2D eigenvalue weighted by atomic mass is 35.5. The fourth-order valence-electron chi connectivity index (χ4n) is 1.79. The molecule has 108 valence electrons. The zero-order valence-corrected chi connectivity index (χ0v) is 11.8. The molecule has 7 heteroatoms. The first kappa shape index (κ1) is 13.8. The molecule has 0 bridgehead atoms. The van der Waals surface area contributed by atoms with Gasteiger partial charge in [-0.2, -0.15) is 0 Å². The van der Waals surface area contributed by atoms with Crippen LogP contribution in [0.2, 0.25) is 5.02 Å². The summed E-state index contributed by atoms with van der Waals surface area (Å²) in [6.07, 6.45) is 4.33. The van der Waals surface area contributed by atoms with Gasteiger partial charge in [0.1, 0.15) is 12.4 Å². The number of halogens is 1. The molecule has 3 rings (SSSR count).